The summed E-state index contributed by atoms with van der Waals surface area (Å²) in [6, 6.07) is 5.02. The van der Waals surface area contributed by atoms with Crippen LogP contribution in [0.3, 0.4) is 0 Å². The normalized spacial score (nSPS) is 28.7. The number of carbonyl (C=O) groups is 1. The molecule has 1 atom stereocenters. The van der Waals surface area contributed by atoms with Crippen LogP contribution in [0.4, 0.5) is 10.5 Å². The lowest BCUT2D eigenvalue weighted by Crippen LogP contribution is -2.66. The van der Waals surface area contributed by atoms with E-state index in [-0.39, 0.29) is 11.6 Å². The van der Waals surface area contributed by atoms with Crippen LogP contribution in [0.15, 0.2) is 23.2 Å². The number of rotatable bonds is 0. The predicted octanol–water partition coefficient (Wildman–Crippen LogP) is 1.12. The molecule has 3 rings (SSSR count). The van der Waals surface area contributed by atoms with Gasteiger partial charge in [-0.25, -0.2) is 13.2 Å². The van der Waals surface area contributed by atoms with Gasteiger partial charge < -0.3 is 20.9 Å². The maximum atomic E-state index is 12.9. The molecule has 8 nitrogen and oxygen atoms in total. The van der Waals surface area contributed by atoms with Crippen molar-refractivity contribution >= 4 is 27.5 Å². The molecule has 2 heterocycles. The minimum atomic E-state index is -3.67. The molecule has 1 aromatic carbocycles. The van der Waals surface area contributed by atoms with Gasteiger partial charge in [0.1, 0.15) is 16.3 Å². The number of anilines is 1. The predicted molar refractivity (Wildman–Crippen MR) is 89.1 cm³/mol. The van der Waals surface area contributed by atoms with Crippen molar-refractivity contribution in [1.82, 2.24) is 5.32 Å². The molecule has 1 unspecified atom stereocenters. The number of nitrogen functional groups attached to an aromatic ring is 1. The molecule has 2 aliphatic heterocycles. The molecule has 1 fully saturated rings. The third kappa shape index (κ3) is 2.39. The minimum absolute atomic E-state index is 0.0866. The van der Waals surface area contributed by atoms with E-state index in [1.54, 1.807) is 18.2 Å². The Morgan fingerprint density at radius 3 is 2.79 bits per heavy atom. The first-order chi connectivity index (χ1) is 11.1. The van der Waals surface area contributed by atoms with Crippen molar-refractivity contribution in [3.8, 4) is 5.75 Å². The Balaban J connectivity index is 2.21. The number of benzene rings is 1. The molecule has 1 amide bonds. The van der Waals surface area contributed by atoms with Crippen molar-refractivity contribution in [3.05, 3.63) is 23.8 Å². The number of sulfone groups is 1. The van der Waals surface area contributed by atoms with Gasteiger partial charge in [-0.05, 0) is 32.0 Å². The number of nitrogens with zero attached hydrogens (tertiary/aromatic N) is 1. The van der Waals surface area contributed by atoms with Crippen molar-refractivity contribution in [2.45, 2.75) is 30.6 Å². The zero-order valence-corrected chi connectivity index (χ0v) is 14.2. The van der Waals surface area contributed by atoms with Gasteiger partial charge >= 0.3 is 6.09 Å². The Labute approximate surface area is 139 Å². The highest BCUT2D eigenvalue weighted by molar-refractivity contribution is 7.93. The second-order valence-corrected chi connectivity index (χ2v) is 9.11. The molecule has 0 aliphatic carbocycles. The van der Waals surface area contributed by atoms with E-state index in [2.05, 4.69) is 10.3 Å². The minimum Gasteiger partial charge on any atom is -0.493 e. The molecule has 0 saturated carbocycles. The van der Waals surface area contributed by atoms with E-state index in [9.17, 15) is 13.2 Å². The van der Waals surface area contributed by atoms with Crippen LogP contribution >= 0.6 is 0 Å². The van der Waals surface area contributed by atoms with E-state index in [1.807, 2.05) is 0 Å². The average molecular weight is 353 g/mol. The van der Waals surface area contributed by atoms with Crippen molar-refractivity contribution in [1.29, 1.82) is 0 Å². The maximum absolute atomic E-state index is 12.9. The summed E-state index contributed by atoms with van der Waals surface area (Å²) in [5.41, 5.74) is 5.92. The van der Waals surface area contributed by atoms with E-state index in [0.717, 1.165) is 0 Å². The maximum Gasteiger partial charge on any atom is 0.432 e. The van der Waals surface area contributed by atoms with Crippen molar-refractivity contribution in [2.75, 3.05) is 18.1 Å². The topological polar surface area (TPSA) is 131 Å². The van der Waals surface area contributed by atoms with Gasteiger partial charge in [-0.3, -0.25) is 0 Å². The van der Waals surface area contributed by atoms with Crippen LogP contribution in [0.5, 0.6) is 5.75 Å². The molecule has 130 valence electrons. The Kier molecular flexibility index (Phi) is 3.52. The van der Waals surface area contributed by atoms with Crippen molar-refractivity contribution in [3.63, 3.8) is 0 Å². The van der Waals surface area contributed by atoms with Crippen LogP contribution in [0.25, 0.3) is 0 Å². The molecule has 0 bridgehead atoms. The highest BCUT2D eigenvalue weighted by Crippen LogP contribution is 2.43. The molecule has 24 heavy (non-hydrogen) atoms. The first-order valence-corrected chi connectivity index (χ1v) is 9.08. The number of nitrogens with one attached hydrogen (secondary N) is 1. The number of fused-ring (bicyclic) bond motifs is 2. The number of aliphatic imine (C=N–C) groups is 1. The third-order valence-electron chi connectivity index (χ3n) is 4.65. The smallest absolute Gasteiger partial charge is 0.432 e. The summed E-state index contributed by atoms with van der Waals surface area (Å²) in [7, 11) is -3.67. The number of ether oxygens (including phenoxy) is 1. The molecule has 0 aromatic heterocycles. The second-order valence-electron chi connectivity index (χ2n) is 6.57. The summed E-state index contributed by atoms with van der Waals surface area (Å²) in [6.45, 7) is 3.20. The Hall–Kier alpha value is -2.29. The van der Waals surface area contributed by atoms with Gasteiger partial charge in [0.2, 0.25) is 0 Å². The first-order valence-electron chi connectivity index (χ1n) is 7.43. The van der Waals surface area contributed by atoms with Gasteiger partial charge in [0.05, 0.1) is 17.9 Å². The van der Waals surface area contributed by atoms with Gasteiger partial charge in [0.25, 0.3) is 0 Å². The fraction of sp³-hybridized carbons (Fsp3) is 0.467. The largest absolute Gasteiger partial charge is 0.493 e. The number of amidine groups is 1. The molecule has 9 heteroatoms. The third-order valence-corrected chi connectivity index (χ3v) is 7.28. The van der Waals surface area contributed by atoms with E-state index in [1.165, 1.54) is 13.8 Å². The summed E-state index contributed by atoms with van der Waals surface area (Å²) in [5.74, 6) is 0.259. The summed E-state index contributed by atoms with van der Waals surface area (Å²) in [5, 5.41) is 12.1. The summed E-state index contributed by atoms with van der Waals surface area (Å²) in [4.78, 5) is 14.6. The second kappa shape index (κ2) is 5.10. The monoisotopic (exact) mass is 353 g/mol. The average Bonchev–Trinajstić information content (AvgIpc) is 2.45. The summed E-state index contributed by atoms with van der Waals surface area (Å²) in [6.07, 6.45) is -1.09. The lowest BCUT2D eigenvalue weighted by atomic mass is 9.84. The van der Waals surface area contributed by atoms with Gasteiger partial charge in [0.15, 0.2) is 9.84 Å². The zero-order chi connectivity index (χ0) is 17.8. The molecular weight excluding hydrogens is 334 g/mol. The highest BCUT2D eigenvalue weighted by atomic mass is 32.2. The van der Waals surface area contributed by atoms with Crippen LogP contribution in [0, 0.1) is 0 Å². The van der Waals surface area contributed by atoms with E-state index in [0.29, 0.717) is 30.0 Å². The first kappa shape index (κ1) is 16.6. The molecule has 1 spiro atoms. The fourth-order valence-corrected chi connectivity index (χ4v) is 4.89. The van der Waals surface area contributed by atoms with Gasteiger partial charge in [-0.1, -0.05) is 0 Å². The highest BCUT2D eigenvalue weighted by Gasteiger charge is 2.54. The number of amides is 1. The van der Waals surface area contributed by atoms with Crippen molar-refractivity contribution < 1.29 is 23.1 Å². The lowest BCUT2D eigenvalue weighted by molar-refractivity contribution is 0.203. The number of hydrogen-bond donors (Lipinski definition) is 3. The van der Waals surface area contributed by atoms with Gasteiger partial charge in [-0.15, -0.1) is 0 Å². The van der Waals surface area contributed by atoms with Crippen LogP contribution in [-0.4, -0.2) is 42.6 Å². The van der Waals surface area contributed by atoms with Gasteiger partial charge in [-0.2, -0.15) is 4.99 Å². The Morgan fingerprint density at radius 2 is 2.12 bits per heavy atom. The number of nitrogens with two attached hydrogens (primary N) is 1. The molecule has 1 aromatic rings. The van der Waals surface area contributed by atoms with E-state index < -0.39 is 26.2 Å². The molecule has 1 saturated heterocycles. The SMILES string of the molecule is CC1(C)C(=NC(=O)O)NC2(CCOc3ccc(N)cc32)CS1(=O)=O. The molecular formula is C15H19N3O5S. The lowest BCUT2D eigenvalue weighted by Gasteiger charge is -2.47. The molecule has 4 N–H and O–H groups in total. The zero-order valence-electron chi connectivity index (χ0n) is 13.4. The van der Waals surface area contributed by atoms with Crippen LogP contribution in [0.1, 0.15) is 25.8 Å². The summed E-state index contributed by atoms with van der Waals surface area (Å²) < 4.78 is 29.9. The van der Waals surface area contributed by atoms with Crippen LogP contribution in [0.2, 0.25) is 0 Å². The van der Waals surface area contributed by atoms with Gasteiger partial charge in [0, 0.05) is 17.7 Å². The standard InChI is InChI=1S/C15H19N3O5S/c1-14(2)12(17-13(19)20)18-15(8-24(14,21)22)5-6-23-11-4-3-9(16)7-10(11)15/h3-4,7H,5-6,8,16H2,1-2H3,(H,17,18)(H,19,20). The van der Waals surface area contributed by atoms with Crippen molar-refractivity contribution in [2.24, 2.45) is 4.99 Å². The van der Waals surface area contributed by atoms with Crippen LogP contribution in [-0.2, 0) is 15.4 Å². The Bertz CT molecular complexity index is 847. The molecule has 2 aliphatic rings. The molecule has 0 radical (unpaired) electrons. The van der Waals surface area contributed by atoms with E-state index >= 15 is 0 Å². The fourth-order valence-electron chi connectivity index (χ4n) is 3.12. The number of carboxylic acid groups (broad SMARTS) is 1. The quantitative estimate of drug-likeness (QED) is 0.596. The summed E-state index contributed by atoms with van der Waals surface area (Å²) >= 11 is 0. The Morgan fingerprint density at radius 1 is 1.42 bits per heavy atom. The van der Waals surface area contributed by atoms with E-state index in [4.69, 9.17) is 15.6 Å². The number of hydrogen-bond acceptors (Lipinski definition) is 5. The van der Waals surface area contributed by atoms with Crippen LogP contribution < -0.4 is 15.8 Å².